The van der Waals surface area contributed by atoms with E-state index in [2.05, 4.69) is 17.1 Å². The van der Waals surface area contributed by atoms with Crippen molar-refractivity contribution in [3.05, 3.63) is 71.8 Å². The molecule has 0 spiro atoms. The van der Waals surface area contributed by atoms with Crippen molar-refractivity contribution in [1.82, 2.24) is 10.2 Å². The van der Waals surface area contributed by atoms with Gasteiger partial charge >= 0.3 is 0 Å². The number of carbonyl (C=O) groups is 1. The third kappa shape index (κ3) is 4.04. The van der Waals surface area contributed by atoms with E-state index in [1.165, 1.54) is 0 Å². The fraction of sp³-hybridized carbons (Fsp3) is 0.381. The highest BCUT2D eigenvalue weighted by atomic mass is 16.2. The highest BCUT2D eigenvalue weighted by molar-refractivity contribution is 5.87. The molecule has 0 aliphatic carbocycles. The normalized spacial score (nSPS) is 18.5. The number of amides is 1. The zero-order chi connectivity index (χ0) is 16.8. The van der Waals surface area contributed by atoms with Crippen molar-refractivity contribution in [2.75, 3.05) is 19.6 Å². The lowest BCUT2D eigenvalue weighted by Crippen LogP contribution is -2.48. The summed E-state index contributed by atoms with van der Waals surface area (Å²) in [7, 11) is 0. The summed E-state index contributed by atoms with van der Waals surface area (Å²) < 4.78 is 0. The zero-order valence-electron chi connectivity index (χ0n) is 14.3. The van der Waals surface area contributed by atoms with Crippen molar-refractivity contribution in [1.29, 1.82) is 0 Å². The van der Waals surface area contributed by atoms with Crippen LogP contribution in [0.2, 0.25) is 0 Å². The van der Waals surface area contributed by atoms with Gasteiger partial charge in [-0.2, -0.15) is 0 Å². The van der Waals surface area contributed by atoms with Crippen LogP contribution in [-0.2, 0) is 4.79 Å². The molecule has 126 valence electrons. The van der Waals surface area contributed by atoms with Crippen LogP contribution in [0.5, 0.6) is 0 Å². The summed E-state index contributed by atoms with van der Waals surface area (Å²) in [6.45, 7) is 5.33. The van der Waals surface area contributed by atoms with Crippen molar-refractivity contribution in [2.45, 2.75) is 31.7 Å². The van der Waals surface area contributed by atoms with Crippen LogP contribution in [-0.4, -0.2) is 36.5 Å². The number of rotatable bonds is 5. The molecule has 1 N–H and O–H groups in total. The first-order valence-corrected chi connectivity index (χ1v) is 8.90. The van der Waals surface area contributed by atoms with Gasteiger partial charge in [-0.25, -0.2) is 0 Å². The van der Waals surface area contributed by atoms with E-state index in [4.69, 9.17) is 0 Å². The number of nitrogens with zero attached hydrogens (tertiary/aromatic N) is 1. The van der Waals surface area contributed by atoms with E-state index in [1.807, 2.05) is 60.7 Å². The maximum Gasteiger partial charge on any atom is 0.232 e. The lowest BCUT2D eigenvalue weighted by molar-refractivity contribution is -0.122. The molecule has 3 heteroatoms. The Morgan fingerprint density at radius 2 is 1.67 bits per heavy atom. The van der Waals surface area contributed by atoms with E-state index in [0.717, 1.165) is 43.6 Å². The number of nitrogens with one attached hydrogen (secondary N) is 1. The Hall–Kier alpha value is -2.13. The van der Waals surface area contributed by atoms with E-state index in [1.54, 1.807) is 0 Å². The first-order chi connectivity index (χ1) is 11.8. The Balaban J connectivity index is 1.79. The predicted molar refractivity (Wildman–Crippen MR) is 98.0 cm³/mol. The van der Waals surface area contributed by atoms with Gasteiger partial charge < -0.3 is 10.2 Å². The van der Waals surface area contributed by atoms with E-state index in [9.17, 15) is 4.79 Å². The molecule has 24 heavy (non-hydrogen) atoms. The lowest BCUT2D eigenvalue weighted by Gasteiger charge is -2.33. The molecule has 0 saturated carbocycles. The Labute approximate surface area is 144 Å². The number of carbonyl (C=O) groups excluding carboxylic acids is 1. The summed E-state index contributed by atoms with van der Waals surface area (Å²) in [6.07, 6.45) is 2.22. The average molecular weight is 322 g/mol. The van der Waals surface area contributed by atoms with Gasteiger partial charge in [0, 0.05) is 12.6 Å². The Kier molecular flexibility index (Phi) is 5.65. The molecule has 3 rings (SSSR count). The van der Waals surface area contributed by atoms with Crippen LogP contribution in [0.15, 0.2) is 60.7 Å². The molecule has 1 atom stereocenters. The summed E-state index contributed by atoms with van der Waals surface area (Å²) >= 11 is 0. The lowest BCUT2D eigenvalue weighted by atomic mass is 9.90. The Bertz CT molecular complexity index is 602. The van der Waals surface area contributed by atoms with Crippen LogP contribution in [0.25, 0.3) is 0 Å². The highest BCUT2D eigenvalue weighted by Gasteiger charge is 2.26. The van der Waals surface area contributed by atoms with E-state index >= 15 is 0 Å². The van der Waals surface area contributed by atoms with Gasteiger partial charge in [0.2, 0.25) is 5.91 Å². The molecule has 1 aliphatic heterocycles. The van der Waals surface area contributed by atoms with E-state index in [-0.39, 0.29) is 17.9 Å². The molecule has 1 amide bonds. The molecule has 3 nitrogen and oxygen atoms in total. The molecule has 0 radical (unpaired) electrons. The summed E-state index contributed by atoms with van der Waals surface area (Å²) in [5.41, 5.74) is 2.09. The number of likely N-dealkylation sites (tertiary alicyclic amines) is 1. The summed E-state index contributed by atoms with van der Waals surface area (Å²) in [5.74, 6) is -0.139. The molecule has 2 aromatic rings. The number of piperidine rings is 1. The molecule has 0 bridgehead atoms. The first-order valence-electron chi connectivity index (χ1n) is 8.90. The SMILES string of the molecule is CCN1CCCC(NC(=O)C(c2ccccc2)c2ccccc2)C1. The van der Waals surface area contributed by atoms with Crippen LogP contribution < -0.4 is 5.32 Å². The average Bonchev–Trinajstić information content (AvgIpc) is 2.64. The quantitative estimate of drug-likeness (QED) is 0.915. The number of hydrogen-bond acceptors (Lipinski definition) is 2. The third-order valence-corrected chi connectivity index (χ3v) is 4.83. The molecule has 1 saturated heterocycles. The van der Waals surface area contributed by atoms with Gasteiger partial charge in [-0.1, -0.05) is 67.6 Å². The summed E-state index contributed by atoms with van der Waals surface area (Å²) in [5, 5.41) is 3.30. The number of likely N-dealkylation sites (N-methyl/N-ethyl adjacent to an activating group) is 1. The molecule has 1 unspecified atom stereocenters. The van der Waals surface area contributed by atoms with Crippen molar-refractivity contribution < 1.29 is 4.79 Å². The highest BCUT2D eigenvalue weighted by Crippen LogP contribution is 2.25. The van der Waals surface area contributed by atoms with Crippen LogP contribution in [0, 0.1) is 0 Å². The minimum Gasteiger partial charge on any atom is -0.351 e. The largest absolute Gasteiger partial charge is 0.351 e. The molecule has 1 heterocycles. The monoisotopic (exact) mass is 322 g/mol. The minimum absolute atomic E-state index is 0.107. The second kappa shape index (κ2) is 8.11. The fourth-order valence-corrected chi connectivity index (χ4v) is 3.53. The topological polar surface area (TPSA) is 32.3 Å². The van der Waals surface area contributed by atoms with Crippen molar-refractivity contribution in [3.8, 4) is 0 Å². The Morgan fingerprint density at radius 3 is 2.21 bits per heavy atom. The van der Waals surface area contributed by atoms with E-state index in [0.29, 0.717) is 0 Å². The predicted octanol–water partition coefficient (Wildman–Crippen LogP) is 3.42. The van der Waals surface area contributed by atoms with Crippen LogP contribution in [0.4, 0.5) is 0 Å². The summed E-state index contributed by atoms with van der Waals surface area (Å²) in [4.78, 5) is 15.5. The second-order valence-corrected chi connectivity index (χ2v) is 6.50. The second-order valence-electron chi connectivity index (χ2n) is 6.50. The van der Waals surface area contributed by atoms with Crippen molar-refractivity contribution in [2.24, 2.45) is 0 Å². The van der Waals surface area contributed by atoms with Gasteiger partial charge in [0.15, 0.2) is 0 Å². The maximum absolute atomic E-state index is 13.1. The standard InChI is InChI=1S/C21H26N2O/c1-2-23-15-9-14-19(16-23)22-21(24)20(17-10-5-3-6-11-17)18-12-7-4-8-13-18/h3-8,10-13,19-20H,2,9,14-16H2,1H3,(H,22,24). The fourth-order valence-electron chi connectivity index (χ4n) is 3.53. The molecular weight excluding hydrogens is 296 g/mol. The van der Waals surface area contributed by atoms with Crippen LogP contribution >= 0.6 is 0 Å². The third-order valence-electron chi connectivity index (χ3n) is 4.83. The number of hydrogen-bond donors (Lipinski definition) is 1. The molecular formula is C21H26N2O. The van der Waals surface area contributed by atoms with Crippen molar-refractivity contribution >= 4 is 5.91 Å². The van der Waals surface area contributed by atoms with Gasteiger partial charge in [-0.3, -0.25) is 4.79 Å². The van der Waals surface area contributed by atoms with Gasteiger partial charge in [0.25, 0.3) is 0 Å². The molecule has 0 aromatic heterocycles. The van der Waals surface area contributed by atoms with E-state index < -0.39 is 0 Å². The maximum atomic E-state index is 13.1. The van der Waals surface area contributed by atoms with Crippen molar-refractivity contribution in [3.63, 3.8) is 0 Å². The van der Waals surface area contributed by atoms with Crippen LogP contribution in [0.3, 0.4) is 0 Å². The molecule has 1 fully saturated rings. The van der Waals surface area contributed by atoms with Gasteiger partial charge in [0.1, 0.15) is 0 Å². The minimum atomic E-state index is -0.246. The first kappa shape index (κ1) is 16.7. The summed E-state index contributed by atoms with van der Waals surface area (Å²) in [6, 6.07) is 20.4. The van der Waals surface area contributed by atoms with Crippen LogP contribution in [0.1, 0.15) is 36.8 Å². The van der Waals surface area contributed by atoms with Gasteiger partial charge in [-0.15, -0.1) is 0 Å². The smallest absolute Gasteiger partial charge is 0.232 e. The molecule has 2 aromatic carbocycles. The molecule has 1 aliphatic rings. The Morgan fingerprint density at radius 1 is 1.08 bits per heavy atom. The number of benzene rings is 2. The zero-order valence-corrected chi connectivity index (χ0v) is 14.3. The van der Waals surface area contributed by atoms with Gasteiger partial charge in [0.05, 0.1) is 5.92 Å². The van der Waals surface area contributed by atoms with Gasteiger partial charge in [-0.05, 0) is 37.1 Å².